The van der Waals surface area contributed by atoms with E-state index in [1.165, 1.54) is 9.80 Å². The van der Waals surface area contributed by atoms with Crippen molar-refractivity contribution >= 4 is 23.6 Å². The number of likely N-dealkylation sites (tertiary alicyclic amines) is 2. The fraction of sp³-hybridized carbons (Fsp3) is 0.826. The highest BCUT2D eigenvalue weighted by atomic mass is 16.5. The summed E-state index contributed by atoms with van der Waals surface area (Å²) >= 11 is 0. The second-order valence-electron chi connectivity index (χ2n) is 11.1. The maximum absolute atomic E-state index is 13.3. The van der Waals surface area contributed by atoms with Crippen LogP contribution in [-0.4, -0.2) is 70.9 Å². The molecule has 4 amide bonds. The van der Waals surface area contributed by atoms with Crippen molar-refractivity contribution in [2.75, 3.05) is 13.1 Å². The molecule has 0 aromatic carbocycles. The second-order valence-corrected chi connectivity index (χ2v) is 11.1. The van der Waals surface area contributed by atoms with Gasteiger partial charge in [-0.3, -0.25) is 29.0 Å². The molecule has 0 aliphatic carbocycles. The highest BCUT2D eigenvalue weighted by molar-refractivity contribution is 6.11. The highest BCUT2D eigenvalue weighted by Crippen LogP contribution is 2.65. The van der Waals surface area contributed by atoms with Crippen molar-refractivity contribution in [1.82, 2.24) is 9.80 Å². The van der Waals surface area contributed by atoms with E-state index in [0.717, 1.165) is 25.7 Å². The van der Waals surface area contributed by atoms with E-state index in [0.29, 0.717) is 6.42 Å². The Morgan fingerprint density at radius 3 is 1.13 bits per heavy atom. The van der Waals surface area contributed by atoms with Crippen molar-refractivity contribution in [3.63, 3.8) is 0 Å². The summed E-state index contributed by atoms with van der Waals surface area (Å²) in [6, 6.07) is 0. The molecule has 6 aliphatic rings. The fourth-order valence-electron chi connectivity index (χ4n) is 7.85. The second kappa shape index (κ2) is 5.57. The Bertz CT molecular complexity index is 808. The monoisotopic (exact) mass is 430 g/mol. The zero-order chi connectivity index (χ0) is 22.1. The van der Waals surface area contributed by atoms with Crippen LogP contribution in [0.5, 0.6) is 0 Å². The molecule has 8 heteroatoms. The van der Waals surface area contributed by atoms with Gasteiger partial charge in [-0.15, -0.1) is 0 Å². The first-order valence-electron chi connectivity index (χ1n) is 11.6. The predicted octanol–water partition coefficient (Wildman–Crippen LogP) is 1.26. The maximum Gasteiger partial charge on any atom is 0.238 e. The first-order valence-corrected chi connectivity index (χ1v) is 11.6. The Hall–Kier alpha value is -1.80. The Balaban J connectivity index is 1.19. The van der Waals surface area contributed by atoms with Crippen molar-refractivity contribution < 1.29 is 28.7 Å². The van der Waals surface area contributed by atoms with E-state index in [2.05, 4.69) is 0 Å². The third kappa shape index (κ3) is 1.78. The van der Waals surface area contributed by atoms with Crippen LogP contribution in [-0.2, 0) is 28.7 Å². The van der Waals surface area contributed by atoms with Crippen LogP contribution in [0.2, 0.25) is 0 Å². The van der Waals surface area contributed by atoms with Crippen molar-refractivity contribution in [3.05, 3.63) is 0 Å². The van der Waals surface area contributed by atoms with Gasteiger partial charge in [0.2, 0.25) is 23.6 Å². The van der Waals surface area contributed by atoms with Gasteiger partial charge in [-0.2, -0.15) is 0 Å². The molecule has 0 aromatic heterocycles. The van der Waals surface area contributed by atoms with Crippen LogP contribution in [0.3, 0.4) is 0 Å². The van der Waals surface area contributed by atoms with E-state index in [1.54, 1.807) is 0 Å². The smallest absolute Gasteiger partial charge is 0.238 e. The predicted molar refractivity (Wildman–Crippen MR) is 106 cm³/mol. The molecule has 8 nitrogen and oxygen atoms in total. The Labute approximate surface area is 181 Å². The molecule has 0 N–H and O–H groups in total. The van der Waals surface area contributed by atoms with Gasteiger partial charge in [0, 0.05) is 13.1 Å². The topological polar surface area (TPSA) is 93.2 Å². The lowest BCUT2D eigenvalue weighted by Crippen LogP contribution is -2.48. The van der Waals surface area contributed by atoms with E-state index in [-0.39, 0.29) is 61.1 Å². The van der Waals surface area contributed by atoms with E-state index in [9.17, 15) is 19.2 Å². The molecule has 31 heavy (non-hydrogen) atoms. The molecule has 6 fully saturated rings. The molecule has 6 aliphatic heterocycles. The number of amides is 4. The van der Waals surface area contributed by atoms with Gasteiger partial charge in [-0.05, 0) is 59.8 Å². The molecule has 0 radical (unpaired) electrons. The molecule has 8 atom stereocenters. The van der Waals surface area contributed by atoms with Crippen molar-refractivity contribution in [2.24, 2.45) is 21.7 Å². The van der Waals surface area contributed by atoms with Crippen molar-refractivity contribution in [3.8, 4) is 0 Å². The third-order valence-corrected chi connectivity index (χ3v) is 10.3. The summed E-state index contributed by atoms with van der Waals surface area (Å²) in [4.78, 5) is 55.9. The van der Waals surface area contributed by atoms with Gasteiger partial charge >= 0.3 is 0 Å². The first kappa shape index (κ1) is 19.9. The first-order chi connectivity index (χ1) is 14.5. The molecular weight excluding hydrogens is 400 g/mol. The number of rotatable bonds is 4. The number of carbonyl (C=O) groups excluding carboxylic acids is 4. The van der Waals surface area contributed by atoms with Crippen molar-refractivity contribution in [1.29, 1.82) is 0 Å². The average Bonchev–Trinajstić information content (AvgIpc) is 3.54. The molecule has 0 spiro atoms. The van der Waals surface area contributed by atoms with Crippen LogP contribution in [0.1, 0.15) is 59.8 Å². The molecule has 0 unspecified atom stereocenters. The Morgan fingerprint density at radius 2 is 0.871 bits per heavy atom. The van der Waals surface area contributed by atoms with Crippen LogP contribution in [0, 0.1) is 21.7 Å². The number of hydrogen-bond donors (Lipinski definition) is 0. The Kier molecular flexibility index (Phi) is 3.57. The lowest BCUT2D eigenvalue weighted by Gasteiger charge is -2.36. The number of imide groups is 2. The summed E-state index contributed by atoms with van der Waals surface area (Å²) in [5.41, 5.74) is -3.27. The molecule has 0 aromatic rings. The molecule has 4 bridgehead atoms. The molecule has 0 saturated carbocycles. The van der Waals surface area contributed by atoms with Crippen LogP contribution in [0.15, 0.2) is 0 Å². The lowest BCUT2D eigenvalue weighted by atomic mass is 9.59. The number of hydrogen-bond acceptors (Lipinski definition) is 6. The van der Waals surface area contributed by atoms with Gasteiger partial charge in [0.05, 0.1) is 46.1 Å². The quantitative estimate of drug-likeness (QED) is 0.624. The highest BCUT2D eigenvalue weighted by Gasteiger charge is 2.78. The van der Waals surface area contributed by atoms with Crippen LogP contribution in [0.4, 0.5) is 0 Å². The summed E-state index contributed by atoms with van der Waals surface area (Å²) in [6.45, 7) is 7.89. The van der Waals surface area contributed by atoms with Gasteiger partial charge in [0.1, 0.15) is 0 Å². The zero-order valence-electron chi connectivity index (χ0n) is 18.6. The minimum absolute atomic E-state index is 0.173. The minimum Gasteiger partial charge on any atom is -0.373 e. The largest absolute Gasteiger partial charge is 0.373 e. The standard InChI is InChI=1S/C23H30N2O6/c1-20-12-6-7-13(30-12)21(20,2)17(27)24(16(20)26)10-5-11-25-18(28)22(3)14-8-9-15(31-14)23(22,4)19(25)29/h12-15H,5-11H2,1-4H3/t12-,13+,14-,15+,20+,21-,22+,23-. The normalized spacial score (nSPS) is 52.1. The molecule has 6 heterocycles. The summed E-state index contributed by atoms with van der Waals surface area (Å²) in [7, 11) is 0. The Morgan fingerprint density at radius 1 is 0.613 bits per heavy atom. The van der Waals surface area contributed by atoms with E-state index in [4.69, 9.17) is 9.47 Å². The summed E-state index contributed by atoms with van der Waals surface area (Å²) in [5, 5.41) is 0. The fourth-order valence-corrected chi connectivity index (χ4v) is 7.85. The molecular formula is C23H30N2O6. The van der Waals surface area contributed by atoms with E-state index >= 15 is 0 Å². The van der Waals surface area contributed by atoms with Crippen LogP contribution < -0.4 is 0 Å². The summed E-state index contributed by atoms with van der Waals surface area (Å²) < 4.78 is 11.9. The molecule has 6 rings (SSSR count). The number of nitrogens with zero attached hydrogens (tertiary/aromatic N) is 2. The van der Waals surface area contributed by atoms with Gasteiger partial charge in [-0.25, -0.2) is 0 Å². The lowest BCUT2D eigenvalue weighted by molar-refractivity contribution is -0.145. The average molecular weight is 431 g/mol. The van der Waals surface area contributed by atoms with E-state index < -0.39 is 21.7 Å². The summed E-state index contributed by atoms with van der Waals surface area (Å²) in [6.07, 6.45) is 2.79. The minimum atomic E-state index is -0.819. The van der Waals surface area contributed by atoms with Gasteiger partial charge in [0.15, 0.2) is 0 Å². The van der Waals surface area contributed by atoms with Crippen LogP contribution in [0.25, 0.3) is 0 Å². The maximum atomic E-state index is 13.3. The number of fused-ring (bicyclic) bond motifs is 10. The SMILES string of the molecule is C[C@@]12C(=O)N(CCCN3C(=O)[C@@]4(C)[C@@H]5CC[C@@H](O5)[C@@]4(C)C3=O)C(=O)[C@]1(C)[C@H]1CC[C@@H]2O1. The third-order valence-electron chi connectivity index (χ3n) is 10.3. The van der Waals surface area contributed by atoms with Gasteiger partial charge in [0.25, 0.3) is 0 Å². The van der Waals surface area contributed by atoms with Crippen molar-refractivity contribution in [2.45, 2.75) is 84.2 Å². The van der Waals surface area contributed by atoms with Gasteiger partial charge < -0.3 is 9.47 Å². The number of carbonyl (C=O) groups is 4. The molecule has 6 saturated heterocycles. The summed E-state index contributed by atoms with van der Waals surface area (Å²) in [5.74, 6) is -0.691. The van der Waals surface area contributed by atoms with Crippen LogP contribution >= 0.6 is 0 Å². The van der Waals surface area contributed by atoms with Gasteiger partial charge in [-0.1, -0.05) is 0 Å². The number of ether oxygens (including phenoxy) is 2. The zero-order valence-corrected chi connectivity index (χ0v) is 18.6. The van der Waals surface area contributed by atoms with E-state index in [1.807, 2.05) is 27.7 Å². The molecule has 168 valence electrons.